The molecule has 2 rings (SSSR count). The molecule has 1 aromatic rings. The normalized spacial score (nSPS) is 16.0. The average molecular weight is 405 g/mol. The van der Waals surface area contributed by atoms with Crippen LogP contribution in [0.1, 0.15) is 64.4 Å². The summed E-state index contributed by atoms with van der Waals surface area (Å²) in [4.78, 5) is 14.4. The standard InChI is InChI=1S/C24H40N2O3/c1-20(2)16-22(18-25)17-24(27)29-15-7-6-14-28-23-10-8-21(9-11-23)19-26-12-4-3-5-13-26/h8-11,20,22H,3-7,12-19,25H2,1-2H3. The van der Waals surface area contributed by atoms with E-state index < -0.39 is 0 Å². The lowest BCUT2D eigenvalue weighted by Gasteiger charge is -2.26. The lowest BCUT2D eigenvalue weighted by molar-refractivity contribution is -0.145. The Morgan fingerprint density at radius 2 is 1.76 bits per heavy atom. The zero-order valence-electron chi connectivity index (χ0n) is 18.4. The van der Waals surface area contributed by atoms with E-state index in [1.165, 1.54) is 37.9 Å². The second kappa shape index (κ2) is 13.6. The minimum Gasteiger partial charge on any atom is -0.494 e. The molecule has 5 nitrogen and oxygen atoms in total. The number of hydrogen-bond donors (Lipinski definition) is 1. The van der Waals surface area contributed by atoms with E-state index in [2.05, 4.69) is 43.0 Å². The number of unbranched alkanes of at least 4 members (excludes halogenated alkanes) is 1. The number of benzene rings is 1. The van der Waals surface area contributed by atoms with Gasteiger partial charge in [-0.25, -0.2) is 0 Å². The van der Waals surface area contributed by atoms with Crippen molar-refractivity contribution in [3.8, 4) is 5.75 Å². The van der Waals surface area contributed by atoms with Crippen LogP contribution in [0.15, 0.2) is 24.3 Å². The summed E-state index contributed by atoms with van der Waals surface area (Å²) < 4.78 is 11.2. The molecule has 1 aromatic carbocycles. The van der Waals surface area contributed by atoms with Crippen molar-refractivity contribution >= 4 is 5.97 Å². The fourth-order valence-electron chi connectivity index (χ4n) is 3.87. The van der Waals surface area contributed by atoms with Crippen molar-refractivity contribution in [3.63, 3.8) is 0 Å². The lowest BCUT2D eigenvalue weighted by atomic mass is 9.94. The molecule has 1 aliphatic rings. The maximum absolute atomic E-state index is 11.9. The monoisotopic (exact) mass is 404 g/mol. The Labute approximate surface area is 176 Å². The van der Waals surface area contributed by atoms with Gasteiger partial charge < -0.3 is 15.2 Å². The van der Waals surface area contributed by atoms with E-state index in [1.807, 2.05) is 0 Å². The Balaban J connectivity index is 1.54. The third kappa shape index (κ3) is 10.1. The fourth-order valence-corrected chi connectivity index (χ4v) is 3.87. The molecule has 1 aliphatic heterocycles. The Morgan fingerprint density at radius 1 is 1.07 bits per heavy atom. The quantitative estimate of drug-likeness (QED) is 0.390. The molecule has 5 heteroatoms. The van der Waals surface area contributed by atoms with Gasteiger partial charge in [-0.3, -0.25) is 9.69 Å². The van der Waals surface area contributed by atoms with Gasteiger partial charge in [0.25, 0.3) is 0 Å². The Bertz CT molecular complexity index is 568. The topological polar surface area (TPSA) is 64.8 Å². The molecule has 1 fully saturated rings. The van der Waals surface area contributed by atoms with Gasteiger partial charge >= 0.3 is 5.97 Å². The lowest BCUT2D eigenvalue weighted by Crippen LogP contribution is -2.28. The van der Waals surface area contributed by atoms with Crippen molar-refractivity contribution in [2.75, 3.05) is 32.8 Å². The molecule has 1 heterocycles. The number of esters is 1. The van der Waals surface area contributed by atoms with Crippen LogP contribution >= 0.6 is 0 Å². The van der Waals surface area contributed by atoms with Crippen molar-refractivity contribution in [2.24, 2.45) is 17.6 Å². The van der Waals surface area contributed by atoms with Gasteiger partial charge in [0.1, 0.15) is 5.75 Å². The Hall–Kier alpha value is -1.59. The summed E-state index contributed by atoms with van der Waals surface area (Å²) in [6, 6.07) is 8.44. The van der Waals surface area contributed by atoms with E-state index in [4.69, 9.17) is 15.2 Å². The first-order valence-electron chi connectivity index (χ1n) is 11.4. The highest BCUT2D eigenvalue weighted by molar-refractivity contribution is 5.69. The summed E-state index contributed by atoms with van der Waals surface area (Å²) in [5, 5.41) is 0. The number of likely N-dealkylation sites (tertiary alicyclic amines) is 1. The molecule has 1 saturated heterocycles. The minimum atomic E-state index is -0.133. The molecule has 0 amide bonds. The van der Waals surface area contributed by atoms with Crippen LogP contribution < -0.4 is 10.5 Å². The van der Waals surface area contributed by atoms with Gasteiger partial charge in [-0.1, -0.05) is 32.4 Å². The maximum Gasteiger partial charge on any atom is 0.306 e. The van der Waals surface area contributed by atoms with E-state index in [0.717, 1.165) is 31.6 Å². The summed E-state index contributed by atoms with van der Waals surface area (Å²) in [5.74, 6) is 1.55. The van der Waals surface area contributed by atoms with Crippen LogP contribution in [0, 0.1) is 11.8 Å². The first-order chi connectivity index (χ1) is 14.1. The van der Waals surface area contributed by atoms with Crippen LogP contribution in [-0.4, -0.2) is 43.7 Å². The largest absolute Gasteiger partial charge is 0.494 e. The average Bonchev–Trinajstić information content (AvgIpc) is 2.71. The predicted molar refractivity (Wildman–Crippen MR) is 118 cm³/mol. The van der Waals surface area contributed by atoms with Crippen LogP contribution in [0.25, 0.3) is 0 Å². The highest BCUT2D eigenvalue weighted by atomic mass is 16.5. The number of hydrogen-bond acceptors (Lipinski definition) is 5. The molecule has 0 bridgehead atoms. The van der Waals surface area contributed by atoms with E-state index in [1.54, 1.807) is 0 Å². The second-order valence-corrected chi connectivity index (χ2v) is 8.69. The van der Waals surface area contributed by atoms with Crippen LogP contribution in [-0.2, 0) is 16.1 Å². The third-order valence-electron chi connectivity index (χ3n) is 5.44. The summed E-state index contributed by atoms with van der Waals surface area (Å²) in [6.07, 6.45) is 7.09. The third-order valence-corrected chi connectivity index (χ3v) is 5.44. The SMILES string of the molecule is CC(C)CC(CN)CC(=O)OCCCCOc1ccc(CN2CCCCC2)cc1. The molecule has 0 aliphatic carbocycles. The minimum absolute atomic E-state index is 0.133. The van der Waals surface area contributed by atoms with Crippen molar-refractivity contribution in [1.29, 1.82) is 0 Å². The van der Waals surface area contributed by atoms with Crippen molar-refractivity contribution in [1.82, 2.24) is 4.90 Å². The van der Waals surface area contributed by atoms with Crippen LogP contribution in [0.5, 0.6) is 5.75 Å². The summed E-state index contributed by atoms with van der Waals surface area (Å²) >= 11 is 0. The number of ether oxygens (including phenoxy) is 2. The van der Waals surface area contributed by atoms with E-state index in [9.17, 15) is 4.79 Å². The predicted octanol–water partition coefficient (Wildman–Crippen LogP) is 4.39. The molecule has 0 aromatic heterocycles. The maximum atomic E-state index is 11.9. The van der Waals surface area contributed by atoms with Gasteiger partial charge in [0.05, 0.1) is 13.2 Å². The van der Waals surface area contributed by atoms with Gasteiger partial charge in [0.2, 0.25) is 0 Å². The van der Waals surface area contributed by atoms with Crippen LogP contribution in [0.3, 0.4) is 0 Å². The van der Waals surface area contributed by atoms with Gasteiger partial charge in [-0.05, 0) is 81.3 Å². The van der Waals surface area contributed by atoms with Crippen LogP contribution in [0.4, 0.5) is 0 Å². The molecule has 0 radical (unpaired) electrons. The highest BCUT2D eigenvalue weighted by Gasteiger charge is 2.15. The number of carbonyl (C=O) groups is 1. The molecule has 1 atom stereocenters. The highest BCUT2D eigenvalue weighted by Crippen LogP contribution is 2.17. The van der Waals surface area contributed by atoms with E-state index in [-0.39, 0.29) is 11.9 Å². The summed E-state index contributed by atoms with van der Waals surface area (Å²) in [6.45, 7) is 9.40. The smallest absolute Gasteiger partial charge is 0.306 e. The number of piperidine rings is 1. The zero-order chi connectivity index (χ0) is 20.9. The zero-order valence-corrected chi connectivity index (χ0v) is 18.4. The molecule has 29 heavy (non-hydrogen) atoms. The molecule has 0 spiro atoms. The first-order valence-corrected chi connectivity index (χ1v) is 11.4. The van der Waals surface area contributed by atoms with Crippen LogP contribution in [0.2, 0.25) is 0 Å². The van der Waals surface area contributed by atoms with Gasteiger partial charge in [0, 0.05) is 13.0 Å². The molecular weight excluding hydrogens is 364 g/mol. The number of nitrogens with zero attached hydrogens (tertiary/aromatic N) is 1. The number of rotatable bonds is 13. The Morgan fingerprint density at radius 3 is 2.41 bits per heavy atom. The second-order valence-electron chi connectivity index (χ2n) is 8.69. The molecule has 1 unspecified atom stereocenters. The number of nitrogens with two attached hydrogens (primary N) is 1. The molecular formula is C24H40N2O3. The molecule has 2 N–H and O–H groups in total. The molecule has 164 valence electrons. The van der Waals surface area contributed by atoms with E-state index in [0.29, 0.717) is 32.1 Å². The Kier molecular flexibility index (Phi) is 11.1. The van der Waals surface area contributed by atoms with E-state index >= 15 is 0 Å². The number of carbonyl (C=O) groups excluding carboxylic acids is 1. The first kappa shape index (κ1) is 23.7. The van der Waals surface area contributed by atoms with Crippen molar-refractivity contribution in [3.05, 3.63) is 29.8 Å². The van der Waals surface area contributed by atoms with Gasteiger partial charge in [-0.15, -0.1) is 0 Å². The summed E-state index contributed by atoms with van der Waals surface area (Å²) in [5.41, 5.74) is 7.10. The van der Waals surface area contributed by atoms with Crippen molar-refractivity contribution in [2.45, 2.75) is 65.3 Å². The summed E-state index contributed by atoms with van der Waals surface area (Å²) in [7, 11) is 0. The molecule has 0 saturated carbocycles. The fraction of sp³-hybridized carbons (Fsp3) is 0.708. The van der Waals surface area contributed by atoms with Gasteiger partial charge in [0.15, 0.2) is 0 Å². The van der Waals surface area contributed by atoms with Gasteiger partial charge in [-0.2, -0.15) is 0 Å². The van der Waals surface area contributed by atoms with Crippen molar-refractivity contribution < 1.29 is 14.3 Å².